The average molecular weight is 351 g/mol. The maximum absolute atomic E-state index is 12.5. The summed E-state index contributed by atoms with van der Waals surface area (Å²) in [6.07, 6.45) is 0. The van der Waals surface area contributed by atoms with Crippen LogP contribution in [0.25, 0.3) is 0 Å². The van der Waals surface area contributed by atoms with Gasteiger partial charge in [-0.1, -0.05) is 29.8 Å². The molecule has 136 valence electrons. The number of anilines is 2. The number of benzene rings is 2. The van der Waals surface area contributed by atoms with Crippen LogP contribution in [0, 0.1) is 13.8 Å². The van der Waals surface area contributed by atoms with Gasteiger partial charge in [0.1, 0.15) is 0 Å². The number of rotatable bonds is 3. The van der Waals surface area contributed by atoms with E-state index in [4.69, 9.17) is 0 Å². The quantitative estimate of drug-likeness (QED) is 0.855. The minimum atomic E-state index is -0.119. The van der Waals surface area contributed by atoms with Gasteiger partial charge in [-0.15, -0.1) is 0 Å². The van der Waals surface area contributed by atoms with Crippen molar-refractivity contribution in [2.75, 3.05) is 36.4 Å². The Morgan fingerprint density at radius 1 is 0.962 bits per heavy atom. The predicted molar refractivity (Wildman–Crippen MR) is 105 cm³/mol. The van der Waals surface area contributed by atoms with E-state index in [2.05, 4.69) is 42.3 Å². The van der Waals surface area contributed by atoms with Crippen LogP contribution < -0.4 is 10.2 Å². The molecular weight excluding hydrogens is 326 g/mol. The zero-order valence-electron chi connectivity index (χ0n) is 15.6. The van der Waals surface area contributed by atoms with E-state index >= 15 is 0 Å². The highest BCUT2D eigenvalue weighted by Gasteiger charge is 2.22. The fourth-order valence-electron chi connectivity index (χ4n) is 3.33. The zero-order valence-corrected chi connectivity index (χ0v) is 15.6. The van der Waals surface area contributed by atoms with Gasteiger partial charge in [0, 0.05) is 43.1 Å². The molecule has 0 atom stereocenters. The minimum absolute atomic E-state index is 0.0109. The first kappa shape index (κ1) is 18.0. The maximum Gasteiger partial charge on any atom is 0.321 e. The fraction of sp³-hybridized carbons (Fsp3) is 0.333. The van der Waals surface area contributed by atoms with E-state index in [1.807, 2.05) is 4.90 Å². The number of urea groups is 1. The summed E-state index contributed by atoms with van der Waals surface area (Å²) in [6.45, 7) is 8.71. The van der Waals surface area contributed by atoms with Crippen LogP contribution in [0.3, 0.4) is 0 Å². The summed E-state index contributed by atoms with van der Waals surface area (Å²) in [5.41, 5.74) is 5.02. The first-order valence-corrected chi connectivity index (χ1v) is 8.93. The summed E-state index contributed by atoms with van der Waals surface area (Å²) in [4.78, 5) is 28.1. The molecule has 0 bridgehead atoms. The van der Waals surface area contributed by atoms with Gasteiger partial charge < -0.3 is 15.1 Å². The smallest absolute Gasteiger partial charge is 0.321 e. The molecule has 2 aromatic carbocycles. The third-order valence-electron chi connectivity index (χ3n) is 4.78. The Balaban J connectivity index is 1.60. The van der Waals surface area contributed by atoms with Crippen molar-refractivity contribution in [2.45, 2.75) is 20.8 Å². The van der Waals surface area contributed by atoms with Crippen molar-refractivity contribution in [1.82, 2.24) is 4.90 Å². The van der Waals surface area contributed by atoms with Crippen molar-refractivity contribution < 1.29 is 9.59 Å². The summed E-state index contributed by atoms with van der Waals surface area (Å²) < 4.78 is 0. The van der Waals surface area contributed by atoms with Crippen LogP contribution in [-0.2, 0) is 0 Å². The second kappa shape index (κ2) is 7.60. The highest BCUT2D eigenvalue weighted by Crippen LogP contribution is 2.22. The van der Waals surface area contributed by atoms with Gasteiger partial charge in [-0.25, -0.2) is 4.79 Å². The van der Waals surface area contributed by atoms with Crippen LogP contribution in [0.4, 0.5) is 16.2 Å². The number of aryl methyl sites for hydroxylation is 2. The van der Waals surface area contributed by atoms with Gasteiger partial charge in [0.15, 0.2) is 5.78 Å². The Morgan fingerprint density at radius 3 is 2.35 bits per heavy atom. The number of nitrogens with one attached hydrogen (secondary N) is 1. The zero-order chi connectivity index (χ0) is 18.7. The van der Waals surface area contributed by atoms with Crippen LogP contribution in [0.1, 0.15) is 28.4 Å². The summed E-state index contributed by atoms with van der Waals surface area (Å²) in [5.74, 6) is -0.0109. The monoisotopic (exact) mass is 351 g/mol. The van der Waals surface area contributed by atoms with Gasteiger partial charge in [-0.3, -0.25) is 4.79 Å². The number of piperazine rings is 1. The first-order valence-electron chi connectivity index (χ1n) is 8.93. The van der Waals surface area contributed by atoms with E-state index in [1.165, 1.54) is 23.7 Å². The van der Waals surface area contributed by atoms with Crippen molar-refractivity contribution in [3.05, 3.63) is 59.2 Å². The Kier molecular flexibility index (Phi) is 5.26. The lowest BCUT2D eigenvalue weighted by Crippen LogP contribution is -2.50. The molecule has 3 rings (SSSR count). The highest BCUT2D eigenvalue weighted by molar-refractivity contribution is 5.96. The lowest BCUT2D eigenvalue weighted by molar-refractivity contribution is 0.101. The second-order valence-corrected chi connectivity index (χ2v) is 6.83. The molecule has 5 heteroatoms. The number of ketones is 1. The van der Waals surface area contributed by atoms with Crippen LogP contribution in [0.5, 0.6) is 0 Å². The van der Waals surface area contributed by atoms with Gasteiger partial charge in [-0.2, -0.15) is 0 Å². The molecule has 0 unspecified atom stereocenters. The molecule has 1 aliphatic heterocycles. The Bertz CT molecular complexity index is 824. The Labute approximate surface area is 154 Å². The molecule has 0 saturated carbocycles. The number of hydrogen-bond acceptors (Lipinski definition) is 3. The molecule has 1 heterocycles. The third kappa shape index (κ3) is 4.04. The van der Waals surface area contributed by atoms with Crippen LogP contribution in [0.2, 0.25) is 0 Å². The molecule has 26 heavy (non-hydrogen) atoms. The molecule has 0 aliphatic carbocycles. The lowest BCUT2D eigenvalue weighted by atomic mass is 10.1. The first-order chi connectivity index (χ1) is 12.4. The van der Waals surface area contributed by atoms with Gasteiger partial charge in [-0.05, 0) is 44.5 Å². The van der Waals surface area contributed by atoms with E-state index in [0.717, 1.165) is 13.1 Å². The van der Waals surface area contributed by atoms with Gasteiger partial charge in [0.05, 0.1) is 0 Å². The van der Waals surface area contributed by atoms with Gasteiger partial charge in [0.2, 0.25) is 0 Å². The lowest BCUT2D eigenvalue weighted by Gasteiger charge is -2.36. The number of nitrogens with zero attached hydrogens (tertiary/aromatic N) is 2. The maximum atomic E-state index is 12.5. The molecule has 1 fully saturated rings. The molecule has 1 aliphatic rings. The van der Waals surface area contributed by atoms with Crippen molar-refractivity contribution in [1.29, 1.82) is 0 Å². The predicted octanol–water partition coefficient (Wildman–Crippen LogP) is 3.86. The number of carbonyl (C=O) groups is 2. The normalized spacial score (nSPS) is 14.3. The minimum Gasteiger partial charge on any atom is -0.368 e. The average Bonchev–Trinajstić information content (AvgIpc) is 2.62. The van der Waals surface area contributed by atoms with Crippen LogP contribution in [0.15, 0.2) is 42.5 Å². The molecule has 0 aromatic heterocycles. The molecule has 1 N–H and O–H groups in total. The Hall–Kier alpha value is -2.82. The molecule has 2 amide bonds. The fourth-order valence-corrected chi connectivity index (χ4v) is 3.33. The highest BCUT2D eigenvalue weighted by atomic mass is 16.2. The molecule has 1 saturated heterocycles. The van der Waals surface area contributed by atoms with Crippen molar-refractivity contribution >= 4 is 23.2 Å². The molecule has 5 nitrogen and oxygen atoms in total. The summed E-state index contributed by atoms with van der Waals surface area (Å²) in [5, 5.41) is 2.90. The second-order valence-electron chi connectivity index (χ2n) is 6.83. The molecular formula is C21H25N3O2. The molecule has 0 spiro atoms. The number of carbonyl (C=O) groups excluding carboxylic acids is 2. The summed E-state index contributed by atoms with van der Waals surface area (Å²) in [6, 6.07) is 13.4. The molecule has 0 radical (unpaired) electrons. The van der Waals surface area contributed by atoms with E-state index in [0.29, 0.717) is 24.3 Å². The van der Waals surface area contributed by atoms with E-state index in [1.54, 1.807) is 24.3 Å². The SMILES string of the molecule is CC(=O)c1cccc(NC(=O)N2CCN(c3ccc(C)cc3C)CC2)c1. The van der Waals surface area contributed by atoms with Crippen molar-refractivity contribution in [2.24, 2.45) is 0 Å². The Morgan fingerprint density at radius 2 is 1.69 bits per heavy atom. The van der Waals surface area contributed by atoms with E-state index in [-0.39, 0.29) is 11.8 Å². The van der Waals surface area contributed by atoms with Crippen LogP contribution >= 0.6 is 0 Å². The summed E-state index contributed by atoms with van der Waals surface area (Å²) in [7, 11) is 0. The van der Waals surface area contributed by atoms with Crippen LogP contribution in [-0.4, -0.2) is 42.9 Å². The largest absolute Gasteiger partial charge is 0.368 e. The van der Waals surface area contributed by atoms with E-state index < -0.39 is 0 Å². The summed E-state index contributed by atoms with van der Waals surface area (Å²) >= 11 is 0. The molecule has 2 aromatic rings. The van der Waals surface area contributed by atoms with Crippen molar-refractivity contribution in [3.8, 4) is 0 Å². The number of Topliss-reactive ketones (excluding diaryl/α,β-unsaturated/α-hetero) is 1. The van der Waals surface area contributed by atoms with Gasteiger partial charge in [0.25, 0.3) is 0 Å². The number of hydrogen-bond donors (Lipinski definition) is 1. The van der Waals surface area contributed by atoms with Gasteiger partial charge >= 0.3 is 6.03 Å². The third-order valence-corrected chi connectivity index (χ3v) is 4.78. The van der Waals surface area contributed by atoms with E-state index in [9.17, 15) is 9.59 Å². The standard InChI is InChI=1S/C21H25N3O2/c1-15-7-8-20(16(2)13-15)23-9-11-24(12-10-23)21(26)22-19-6-4-5-18(14-19)17(3)25/h4-8,13-14H,9-12H2,1-3H3,(H,22,26). The topological polar surface area (TPSA) is 52.7 Å². The number of amides is 2. The van der Waals surface area contributed by atoms with Crippen molar-refractivity contribution in [3.63, 3.8) is 0 Å².